The highest BCUT2D eigenvalue weighted by Crippen LogP contribution is 2.69. The Morgan fingerprint density at radius 2 is 1.67 bits per heavy atom. The number of aliphatic hydroxyl groups excluding tert-OH is 5. The monoisotopic (exact) mass is 892 g/mol. The van der Waals surface area contributed by atoms with Crippen molar-refractivity contribution >= 4 is 17.8 Å². The van der Waals surface area contributed by atoms with Crippen LogP contribution in [0.4, 0.5) is 0 Å². The molecule has 3 aliphatic carbocycles. The number of rotatable bonds is 13. The number of carbonyl (C=O) groups is 3. The van der Waals surface area contributed by atoms with Gasteiger partial charge < -0.3 is 75.2 Å². The van der Waals surface area contributed by atoms with Crippen molar-refractivity contribution < 1.29 is 78.6 Å². The highest BCUT2D eigenvalue weighted by atomic mass is 16.7. The number of nitrogens with one attached hydrogen (secondary N) is 1. The van der Waals surface area contributed by atoms with Gasteiger partial charge in [0, 0.05) is 14.0 Å². The third-order valence-corrected chi connectivity index (χ3v) is 15.4. The van der Waals surface area contributed by atoms with Gasteiger partial charge in [0.1, 0.15) is 48.4 Å². The van der Waals surface area contributed by atoms with Crippen LogP contribution in [-0.2, 0) is 38.0 Å². The lowest BCUT2D eigenvalue weighted by atomic mass is 9.39. The van der Waals surface area contributed by atoms with Crippen molar-refractivity contribution in [2.24, 2.45) is 39.7 Å². The van der Waals surface area contributed by atoms with Crippen LogP contribution in [0.1, 0.15) is 90.9 Å². The van der Waals surface area contributed by atoms with Crippen molar-refractivity contribution in [3.63, 3.8) is 0 Å². The molecular weight excluding hydrogens is 824 g/mol. The van der Waals surface area contributed by atoms with Crippen LogP contribution >= 0.6 is 0 Å². The van der Waals surface area contributed by atoms with E-state index in [0.717, 1.165) is 24.8 Å². The van der Waals surface area contributed by atoms with Crippen LogP contribution < -0.4 is 11.1 Å². The third kappa shape index (κ3) is 9.28. The molecule has 1 amide bonds. The van der Waals surface area contributed by atoms with E-state index in [1.807, 2.05) is 13.8 Å². The van der Waals surface area contributed by atoms with Gasteiger partial charge in [-0.2, -0.15) is 0 Å². The van der Waals surface area contributed by atoms with E-state index in [0.29, 0.717) is 12.8 Å². The van der Waals surface area contributed by atoms with E-state index in [4.69, 9.17) is 34.2 Å². The highest BCUT2D eigenvalue weighted by Gasteiger charge is 2.65. The fourth-order valence-electron chi connectivity index (χ4n) is 12.1. The first-order chi connectivity index (χ1) is 29.5. The van der Waals surface area contributed by atoms with Gasteiger partial charge in [0.25, 0.3) is 0 Å². The molecule has 0 aromatic heterocycles. The summed E-state index contributed by atoms with van der Waals surface area (Å²) in [6.07, 6.45) is -11.0. The Labute approximate surface area is 368 Å². The van der Waals surface area contributed by atoms with Crippen molar-refractivity contribution in [2.45, 2.75) is 166 Å². The van der Waals surface area contributed by atoms with E-state index in [1.165, 1.54) is 38.3 Å². The second-order valence-electron chi connectivity index (χ2n) is 19.6. The zero-order valence-corrected chi connectivity index (χ0v) is 37.3. The molecule has 10 N–H and O–H groups in total. The van der Waals surface area contributed by atoms with Gasteiger partial charge in [0.2, 0.25) is 5.91 Å². The number of hydrogen-bond acceptors (Lipinski definition) is 16. The Bertz CT molecular complexity index is 1850. The predicted octanol–water partition coefficient (Wildman–Crippen LogP) is 1.35. The van der Waals surface area contributed by atoms with Gasteiger partial charge >= 0.3 is 11.9 Å². The normalized spacial score (nSPS) is 42.1. The number of methoxy groups -OCH3 is 1. The van der Waals surface area contributed by atoms with Crippen molar-refractivity contribution in [3.05, 3.63) is 41.5 Å². The summed E-state index contributed by atoms with van der Waals surface area (Å²) in [6.45, 7) is 12.6. The van der Waals surface area contributed by atoms with Crippen molar-refractivity contribution in [1.82, 2.24) is 5.32 Å². The average molecular weight is 893 g/mol. The van der Waals surface area contributed by atoms with Gasteiger partial charge in [-0.25, -0.2) is 4.79 Å². The van der Waals surface area contributed by atoms with Gasteiger partial charge in [-0.1, -0.05) is 45.4 Å². The van der Waals surface area contributed by atoms with E-state index in [9.17, 15) is 50.1 Å². The van der Waals surface area contributed by atoms with E-state index >= 15 is 0 Å². The molecule has 1 aromatic rings. The summed E-state index contributed by atoms with van der Waals surface area (Å²) >= 11 is 0. The van der Waals surface area contributed by atoms with Crippen LogP contribution in [0.25, 0.3) is 0 Å². The number of nitrogens with two attached hydrogens (primary N) is 1. The maximum atomic E-state index is 13.5. The summed E-state index contributed by atoms with van der Waals surface area (Å²) in [4.78, 5) is 37.8. The Morgan fingerprint density at radius 3 is 2.29 bits per heavy atom. The summed E-state index contributed by atoms with van der Waals surface area (Å²) in [7, 11) is 1.48. The largest absolute Gasteiger partial charge is 0.508 e. The molecule has 2 saturated heterocycles. The minimum atomic E-state index is -1.77. The van der Waals surface area contributed by atoms with Crippen molar-refractivity contribution in [3.8, 4) is 5.75 Å². The van der Waals surface area contributed by atoms with Crippen molar-refractivity contribution in [1.29, 1.82) is 0 Å². The maximum absolute atomic E-state index is 13.5. The summed E-state index contributed by atoms with van der Waals surface area (Å²) in [6, 6.07) is 2.80. The molecule has 2 heterocycles. The number of amides is 1. The van der Waals surface area contributed by atoms with Crippen LogP contribution in [0, 0.1) is 34.0 Å². The van der Waals surface area contributed by atoms with Gasteiger partial charge in [-0.15, -0.1) is 0 Å². The Morgan fingerprint density at radius 1 is 0.968 bits per heavy atom. The first-order valence-electron chi connectivity index (χ1n) is 21.9. The number of benzene rings is 1. The average Bonchev–Trinajstić information content (AvgIpc) is 3.21. The number of aliphatic hydroxyl groups is 5. The molecule has 1 aromatic carbocycles. The zero-order chi connectivity index (χ0) is 46.5. The molecule has 2 saturated carbocycles. The van der Waals surface area contributed by atoms with Crippen LogP contribution in [0.3, 0.4) is 0 Å². The topological polar surface area (TPSA) is 286 Å². The molecule has 0 unspecified atom stereocenters. The first-order valence-corrected chi connectivity index (χ1v) is 21.9. The van der Waals surface area contributed by atoms with E-state index in [2.05, 4.69) is 32.2 Å². The summed E-state index contributed by atoms with van der Waals surface area (Å²) < 4.78 is 36.7. The number of carboxylic acids is 1. The van der Waals surface area contributed by atoms with Crippen molar-refractivity contribution in [2.75, 3.05) is 13.7 Å². The molecule has 6 rings (SSSR count). The molecule has 0 spiro atoms. The number of carbonyl (C=O) groups excluding carboxylic acids is 2. The second kappa shape index (κ2) is 18.9. The number of phenols is 1. The lowest BCUT2D eigenvalue weighted by Gasteiger charge is -2.67. The first kappa shape index (κ1) is 49.2. The smallest absolute Gasteiger partial charge is 0.338 e. The van der Waals surface area contributed by atoms with Crippen LogP contribution in [0.15, 0.2) is 35.9 Å². The molecule has 0 bridgehead atoms. The van der Waals surface area contributed by atoms with Gasteiger partial charge in [-0.05, 0) is 98.1 Å². The standard InChI is InChI=1S/C45H68N2O16/c1-20-12-13-30-44(6,25(20)17-26(58-8)31(46)39(55)56)15-14-29-43(4,5)38(54)27(18-45(29,30)7)60-42-35(53)37(36(21(2)59-42)62-40(57)23-10-9-11-24(50)16-23)63-41-32(47-22(3)49)34(52)33(51)28(19-48)61-41/h9-12,16,21,25-38,41-42,48,50-54H,13-15,17-19,46H2,1-8H3,(H,47,49)(H,55,56)/t21-,25+,26-,27-,28+,29+,30-,31-,32+,33+,34+,35+,36-,37-,38+,41-,42-,44-,45+/m0/s1. The van der Waals surface area contributed by atoms with Crippen LogP contribution in [0.2, 0.25) is 0 Å². The number of esters is 1. The van der Waals surface area contributed by atoms with Gasteiger partial charge in [-0.3, -0.25) is 9.59 Å². The van der Waals surface area contributed by atoms with Crippen LogP contribution in [0.5, 0.6) is 5.75 Å². The molecular formula is C45H68N2O16. The number of aliphatic carboxylic acids is 1. The van der Waals surface area contributed by atoms with Gasteiger partial charge in [0.15, 0.2) is 18.7 Å². The fraction of sp³-hybridized carbons (Fsp3) is 0.756. The second-order valence-corrected chi connectivity index (χ2v) is 19.6. The quantitative estimate of drug-likeness (QED) is 0.0768. The summed E-state index contributed by atoms with van der Waals surface area (Å²) in [5, 5.41) is 78.6. The molecule has 19 atom stereocenters. The Kier molecular flexibility index (Phi) is 14.8. The Balaban J connectivity index is 1.32. The predicted molar refractivity (Wildman–Crippen MR) is 222 cm³/mol. The summed E-state index contributed by atoms with van der Waals surface area (Å²) in [5.41, 5.74) is 5.77. The maximum Gasteiger partial charge on any atom is 0.338 e. The highest BCUT2D eigenvalue weighted by molar-refractivity contribution is 5.90. The number of phenolic OH excluding ortho intramolecular Hbond substituents is 1. The molecule has 5 aliphatic rings. The van der Waals surface area contributed by atoms with Crippen LogP contribution in [-0.4, -0.2) is 153 Å². The van der Waals surface area contributed by atoms with E-state index < -0.39 is 121 Å². The SMILES string of the molecule is CO[C@@H](C[C@@H]1C(C)=CC[C@@H]2[C@]3(C)C[C@H](O[C@@H]4O[C@@H](C)[C@H](OC(=O)c5cccc(O)c5)[C@@H](O[C@@H]5O[C@H](CO)[C@@H](O)[C@H](O)[C@H]5NC(C)=O)[C@H]4O)[C@@H](O)C(C)(C)[C@H]3CC[C@]21C)[C@H](N)C(=O)O. The number of carboxylic acid groups (broad SMARTS) is 1. The number of fused-ring (bicyclic) bond motifs is 3. The zero-order valence-electron chi connectivity index (χ0n) is 37.3. The van der Waals surface area contributed by atoms with Gasteiger partial charge in [0.05, 0.1) is 36.6 Å². The number of ether oxygens (including phenoxy) is 6. The Hall–Kier alpha value is -3.27. The molecule has 2 aliphatic heterocycles. The molecule has 63 heavy (non-hydrogen) atoms. The number of hydrogen-bond donors (Lipinski definition) is 9. The molecule has 354 valence electrons. The number of allylic oxidation sites excluding steroid dienone is 2. The number of aromatic hydroxyl groups is 1. The molecule has 18 heteroatoms. The lowest BCUT2D eigenvalue weighted by Crippen LogP contribution is -2.68. The van der Waals surface area contributed by atoms with E-state index in [1.54, 1.807) is 6.92 Å². The van der Waals surface area contributed by atoms with E-state index in [-0.39, 0.29) is 34.5 Å². The summed E-state index contributed by atoms with van der Waals surface area (Å²) in [5.74, 6) is -2.82. The minimum absolute atomic E-state index is 0.0231. The molecule has 0 radical (unpaired) electrons. The minimum Gasteiger partial charge on any atom is -0.508 e. The lowest BCUT2D eigenvalue weighted by molar-refractivity contribution is -0.358. The molecule has 4 fully saturated rings. The fourth-order valence-corrected chi connectivity index (χ4v) is 12.1. The molecule has 18 nitrogen and oxygen atoms in total. The third-order valence-electron chi connectivity index (χ3n) is 15.4.